The van der Waals surface area contributed by atoms with Crippen molar-refractivity contribution in [3.63, 3.8) is 0 Å². The molecular formula is C20H13ClFN3O2S. The van der Waals surface area contributed by atoms with Crippen LogP contribution >= 0.6 is 22.9 Å². The highest BCUT2D eigenvalue weighted by Crippen LogP contribution is 2.35. The van der Waals surface area contributed by atoms with Gasteiger partial charge in [-0.25, -0.2) is 9.37 Å². The molecular weight excluding hydrogens is 401 g/mol. The monoisotopic (exact) mass is 413 g/mol. The van der Waals surface area contributed by atoms with Gasteiger partial charge in [0.2, 0.25) is 0 Å². The zero-order chi connectivity index (χ0) is 19.5. The molecule has 1 fully saturated rings. The highest BCUT2D eigenvalue weighted by Gasteiger charge is 2.24. The van der Waals surface area contributed by atoms with Gasteiger partial charge in [-0.05, 0) is 30.3 Å². The number of rotatable bonds is 4. The van der Waals surface area contributed by atoms with E-state index in [9.17, 15) is 9.65 Å². The van der Waals surface area contributed by atoms with Crippen LogP contribution in [0.3, 0.4) is 0 Å². The molecule has 2 aromatic heterocycles. The lowest BCUT2D eigenvalue weighted by Gasteiger charge is -2.13. The van der Waals surface area contributed by atoms with Gasteiger partial charge in [-0.2, -0.15) is 5.26 Å². The van der Waals surface area contributed by atoms with E-state index in [1.165, 1.54) is 29.5 Å². The summed E-state index contributed by atoms with van der Waals surface area (Å²) >= 11 is 7.71. The first-order valence-corrected chi connectivity index (χ1v) is 9.62. The number of allylic oxidation sites excluding steroid dienone is 1. The Labute approximate surface area is 169 Å². The lowest BCUT2D eigenvalue weighted by Crippen LogP contribution is -2.01. The molecule has 8 heteroatoms. The Kier molecular flexibility index (Phi) is 5.46. The number of ether oxygens (including phenoxy) is 2. The molecule has 0 amide bonds. The fourth-order valence-electron chi connectivity index (χ4n) is 2.78. The molecule has 4 rings (SSSR count). The number of nitriles is 1. The van der Waals surface area contributed by atoms with E-state index in [1.807, 2.05) is 17.5 Å². The number of halogens is 2. The average molecular weight is 414 g/mol. The Bertz CT molecular complexity index is 1070. The topological polar surface area (TPSA) is 68.0 Å². The van der Waals surface area contributed by atoms with E-state index in [0.29, 0.717) is 23.8 Å². The average Bonchev–Trinajstić information content (AvgIpc) is 3.41. The lowest BCUT2D eigenvalue weighted by atomic mass is 10.1. The maximum absolute atomic E-state index is 14.5. The van der Waals surface area contributed by atoms with E-state index in [-0.39, 0.29) is 16.2 Å². The minimum absolute atomic E-state index is 0.107. The zero-order valence-corrected chi connectivity index (χ0v) is 16.0. The van der Waals surface area contributed by atoms with E-state index >= 15 is 0 Å². The van der Waals surface area contributed by atoms with Gasteiger partial charge in [0.15, 0.2) is 6.29 Å². The molecule has 0 aliphatic carbocycles. The van der Waals surface area contributed by atoms with Crippen molar-refractivity contribution >= 4 is 34.6 Å². The normalized spacial score (nSPS) is 15.0. The molecule has 28 heavy (non-hydrogen) atoms. The molecule has 140 valence electrons. The fraction of sp³-hybridized carbons (Fsp3) is 0.150. The van der Waals surface area contributed by atoms with Crippen LogP contribution in [0.1, 0.15) is 22.4 Å². The summed E-state index contributed by atoms with van der Waals surface area (Å²) in [5, 5.41) is 12.1. The summed E-state index contributed by atoms with van der Waals surface area (Å²) in [6, 6.07) is 8.56. The molecule has 0 radical (unpaired) electrons. The van der Waals surface area contributed by atoms with Gasteiger partial charge in [-0.15, -0.1) is 11.3 Å². The van der Waals surface area contributed by atoms with Gasteiger partial charge in [-0.3, -0.25) is 4.98 Å². The third-order valence-electron chi connectivity index (χ3n) is 4.15. The predicted octanol–water partition coefficient (Wildman–Crippen LogP) is 5.11. The first kappa shape index (κ1) is 18.7. The number of pyridine rings is 1. The summed E-state index contributed by atoms with van der Waals surface area (Å²) in [4.78, 5) is 8.47. The molecule has 0 spiro atoms. The highest BCUT2D eigenvalue weighted by atomic mass is 35.5. The summed E-state index contributed by atoms with van der Waals surface area (Å²) < 4.78 is 25.4. The van der Waals surface area contributed by atoms with Gasteiger partial charge in [0.25, 0.3) is 0 Å². The summed E-state index contributed by atoms with van der Waals surface area (Å²) in [5.41, 5.74) is 2.46. The standard InChI is InChI=1S/C20H13ClFN3O2S/c21-18-14(20-26-7-8-27-20)1-2-16(22)15(18)9-13(10-23)19-25-17(11-28-19)12-3-5-24-6-4-12/h1-6,9,11,20H,7-8H2/b13-9+. The minimum Gasteiger partial charge on any atom is -0.346 e. The van der Waals surface area contributed by atoms with Gasteiger partial charge >= 0.3 is 0 Å². The Morgan fingerprint density at radius 1 is 1.25 bits per heavy atom. The van der Waals surface area contributed by atoms with Gasteiger partial charge in [-0.1, -0.05) is 11.6 Å². The molecule has 3 aromatic rings. The second-order valence-electron chi connectivity index (χ2n) is 5.88. The van der Waals surface area contributed by atoms with Crippen LogP contribution in [0.2, 0.25) is 5.02 Å². The molecule has 0 unspecified atom stereocenters. The van der Waals surface area contributed by atoms with Crippen molar-refractivity contribution in [3.8, 4) is 17.3 Å². The van der Waals surface area contributed by atoms with Crippen LogP contribution in [0.4, 0.5) is 4.39 Å². The molecule has 1 aliphatic rings. The number of nitrogens with zero attached hydrogens (tertiary/aromatic N) is 3. The Morgan fingerprint density at radius 3 is 2.71 bits per heavy atom. The van der Waals surface area contributed by atoms with Gasteiger partial charge in [0, 0.05) is 34.5 Å². The zero-order valence-electron chi connectivity index (χ0n) is 14.4. The van der Waals surface area contributed by atoms with Crippen molar-refractivity contribution in [2.45, 2.75) is 6.29 Å². The third kappa shape index (κ3) is 3.68. The van der Waals surface area contributed by atoms with E-state index in [0.717, 1.165) is 11.3 Å². The second-order valence-corrected chi connectivity index (χ2v) is 7.12. The van der Waals surface area contributed by atoms with Crippen molar-refractivity contribution in [3.05, 3.63) is 69.0 Å². The number of hydrogen-bond donors (Lipinski definition) is 0. The largest absolute Gasteiger partial charge is 0.346 e. The van der Waals surface area contributed by atoms with Crippen LogP contribution in [-0.2, 0) is 9.47 Å². The van der Waals surface area contributed by atoms with Crippen LogP contribution in [-0.4, -0.2) is 23.2 Å². The van der Waals surface area contributed by atoms with Crippen LogP contribution in [0, 0.1) is 17.1 Å². The first-order chi connectivity index (χ1) is 13.7. The van der Waals surface area contributed by atoms with Gasteiger partial charge < -0.3 is 9.47 Å². The molecule has 1 aliphatic heterocycles. The van der Waals surface area contributed by atoms with Crippen LogP contribution in [0.15, 0.2) is 42.0 Å². The van der Waals surface area contributed by atoms with Crippen LogP contribution < -0.4 is 0 Å². The Morgan fingerprint density at radius 2 is 2.00 bits per heavy atom. The van der Waals surface area contributed by atoms with E-state index in [2.05, 4.69) is 16.0 Å². The molecule has 0 saturated carbocycles. The number of aromatic nitrogens is 2. The molecule has 0 N–H and O–H groups in total. The number of benzene rings is 1. The summed E-state index contributed by atoms with van der Waals surface area (Å²) in [5.74, 6) is -0.537. The summed E-state index contributed by atoms with van der Waals surface area (Å²) in [6.45, 7) is 0.897. The number of thiazole rings is 1. The third-order valence-corrected chi connectivity index (χ3v) is 5.45. The number of hydrogen-bond acceptors (Lipinski definition) is 6. The Hall–Kier alpha value is -2.63. The minimum atomic E-state index is -0.635. The van der Waals surface area contributed by atoms with Crippen molar-refractivity contribution in [2.24, 2.45) is 0 Å². The molecule has 1 saturated heterocycles. The maximum Gasteiger partial charge on any atom is 0.185 e. The van der Waals surface area contributed by atoms with E-state index < -0.39 is 12.1 Å². The summed E-state index contributed by atoms with van der Waals surface area (Å²) in [6.07, 6.45) is 4.11. The molecule has 3 heterocycles. The van der Waals surface area contributed by atoms with Crippen LogP contribution in [0.5, 0.6) is 0 Å². The molecule has 0 atom stereocenters. The SMILES string of the molecule is N#C/C(=C\c1c(F)ccc(C2OCCO2)c1Cl)c1nc(-c2ccncc2)cs1. The van der Waals surface area contributed by atoms with Crippen LogP contribution in [0.25, 0.3) is 22.9 Å². The smallest absolute Gasteiger partial charge is 0.185 e. The second kappa shape index (κ2) is 8.17. The van der Waals surface area contributed by atoms with E-state index in [4.69, 9.17) is 21.1 Å². The van der Waals surface area contributed by atoms with Crippen molar-refractivity contribution < 1.29 is 13.9 Å². The molecule has 5 nitrogen and oxygen atoms in total. The summed E-state index contributed by atoms with van der Waals surface area (Å²) in [7, 11) is 0. The highest BCUT2D eigenvalue weighted by molar-refractivity contribution is 7.11. The quantitative estimate of drug-likeness (QED) is 0.556. The van der Waals surface area contributed by atoms with Gasteiger partial charge in [0.05, 0.1) is 29.5 Å². The van der Waals surface area contributed by atoms with Crippen molar-refractivity contribution in [1.82, 2.24) is 9.97 Å². The lowest BCUT2D eigenvalue weighted by molar-refractivity contribution is -0.0440. The van der Waals surface area contributed by atoms with Crippen molar-refractivity contribution in [1.29, 1.82) is 5.26 Å². The van der Waals surface area contributed by atoms with Crippen molar-refractivity contribution in [2.75, 3.05) is 13.2 Å². The van der Waals surface area contributed by atoms with Gasteiger partial charge in [0.1, 0.15) is 16.9 Å². The molecule has 1 aromatic carbocycles. The van der Waals surface area contributed by atoms with E-state index in [1.54, 1.807) is 12.4 Å². The fourth-order valence-corrected chi connectivity index (χ4v) is 3.87. The first-order valence-electron chi connectivity index (χ1n) is 8.36. The maximum atomic E-state index is 14.5. The Balaban J connectivity index is 1.72. The predicted molar refractivity (Wildman–Crippen MR) is 105 cm³/mol. The molecule has 0 bridgehead atoms.